The van der Waals surface area contributed by atoms with Gasteiger partial charge in [0.1, 0.15) is 5.75 Å². The van der Waals surface area contributed by atoms with Crippen molar-refractivity contribution >= 4 is 5.97 Å². The summed E-state index contributed by atoms with van der Waals surface area (Å²) < 4.78 is 49.3. The predicted molar refractivity (Wildman–Crippen MR) is 134 cm³/mol. The number of alkyl halides is 3. The minimum Gasteiger partial charge on any atom is -0.493 e. The van der Waals surface area contributed by atoms with Crippen LogP contribution in [0.3, 0.4) is 0 Å². The lowest BCUT2D eigenvalue weighted by Crippen LogP contribution is -2.41. The van der Waals surface area contributed by atoms with E-state index in [9.17, 15) is 18.0 Å². The molecule has 0 bridgehead atoms. The molecule has 0 aromatic heterocycles. The molecule has 0 aliphatic heterocycles. The molecule has 36 heavy (non-hydrogen) atoms. The molecule has 3 aromatic rings. The van der Waals surface area contributed by atoms with E-state index in [0.717, 1.165) is 47.3 Å². The molecule has 3 nitrogen and oxygen atoms in total. The van der Waals surface area contributed by atoms with Gasteiger partial charge in [-0.3, -0.25) is 4.79 Å². The van der Waals surface area contributed by atoms with E-state index in [0.29, 0.717) is 26.1 Å². The number of benzene rings is 3. The first kappa shape index (κ1) is 25.8. The summed E-state index contributed by atoms with van der Waals surface area (Å²) in [6.07, 6.45) is -0.928. The predicted octanol–water partition coefficient (Wildman–Crippen LogP) is 7.36. The van der Waals surface area contributed by atoms with Crippen LogP contribution in [0.25, 0.3) is 11.1 Å². The minimum atomic E-state index is -4.22. The zero-order chi connectivity index (χ0) is 25.6. The van der Waals surface area contributed by atoms with Gasteiger partial charge in [0.15, 0.2) is 0 Å². The molecule has 0 saturated heterocycles. The van der Waals surface area contributed by atoms with Gasteiger partial charge in [-0.15, -0.1) is 0 Å². The number of hydrogen-bond donors (Lipinski definition) is 0. The normalized spacial score (nSPS) is 14.7. The van der Waals surface area contributed by atoms with Crippen molar-refractivity contribution in [3.8, 4) is 16.9 Å². The van der Waals surface area contributed by atoms with Gasteiger partial charge in [-0.25, -0.2) is 0 Å². The number of hydrogen-bond acceptors (Lipinski definition) is 3. The molecule has 6 heteroatoms. The number of carbonyl (C=O) groups excluding carboxylic acids is 1. The van der Waals surface area contributed by atoms with Crippen molar-refractivity contribution in [2.24, 2.45) is 5.41 Å². The lowest BCUT2D eigenvalue weighted by Gasteiger charge is -2.39. The van der Waals surface area contributed by atoms with E-state index in [1.54, 1.807) is 12.1 Å². The topological polar surface area (TPSA) is 35.5 Å². The molecule has 0 amide bonds. The van der Waals surface area contributed by atoms with Crippen LogP contribution in [0, 0.1) is 5.41 Å². The van der Waals surface area contributed by atoms with Gasteiger partial charge in [0.2, 0.25) is 0 Å². The molecule has 1 saturated carbocycles. The number of rotatable bonds is 10. The third kappa shape index (κ3) is 6.68. The molecule has 1 aliphatic carbocycles. The number of esters is 1. The van der Waals surface area contributed by atoms with Crippen molar-refractivity contribution in [3.63, 3.8) is 0 Å². The molecule has 0 spiro atoms. The summed E-state index contributed by atoms with van der Waals surface area (Å²) in [5.41, 5.74) is 3.72. The maximum atomic E-state index is 12.7. The fourth-order valence-corrected chi connectivity index (χ4v) is 4.68. The zero-order valence-electron chi connectivity index (χ0n) is 20.4. The number of ether oxygens (including phenoxy) is 2. The molecule has 0 atom stereocenters. The Morgan fingerprint density at radius 3 is 2.19 bits per heavy atom. The van der Waals surface area contributed by atoms with Crippen molar-refractivity contribution in [1.29, 1.82) is 0 Å². The highest BCUT2D eigenvalue weighted by atomic mass is 19.4. The van der Waals surface area contributed by atoms with Crippen LogP contribution >= 0.6 is 0 Å². The summed E-state index contributed by atoms with van der Waals surface area (Å²) >= 11 is 0. The van der Waals surface area contributed by atoms with E-state index in [-0.39, 0.29) is 16.9 Å². The average molecular weight is 497 g/mol. The maximum Gasteiger partial charge on any atom is 0.393 e. The van der Waals surface area contributed by atoms with E-state index in [4.69, 9.17) is 9.47 Å². The minimum absolute atomic E-state index is 0.0865. The molecule has 4 rings (SSSR count). The van der Waals surface area contributed by atoms with Crippen molar-refractivity contribution in [2.75, 3.05) is 13.2 Å². The van der Waals surface area contributed by atoms with Gasteiger partial charge >= 0.3 is 12.1 Å². The Bertz CT molecular complexity index is 1150. The lowest BCUT2D eigenvalue weighted by molar-refractivity contribution is -0.161. The Morgan fingerprint density at radius 2 is 1.58 bits per heavy atom. The molecule has 1 aliphatic rings. The van der Waals surface area contributed by atoms with Gasteiger partial charge in [-0.2, -0.15) is 13.2 Å². The van der Waals surface area contributed by atoms with E-state index in [1.165, 1.54) is 6.07 Å². The van der Waals surface area contributed by atoms with Crippen LogP contribution in [0.2, 0.25) is 0 Å². The fraction of sp³-hybridized carbons (Fsp3) is 0.367. The highest BCUT2D eigenvalue weighted by Crippen LogP contribution is 2.45. The van der Waals surface area contributed by atoms with Gasteiger partial charge in [0, 0.05) is 6.42 Å². The fourth-order valence-electron chi connectivity index (χ4n) is 4.68. The van der Waals surface area contributed by atoms with Crippen LogP contribution in [0.4, 0.5) is 13.2 Å². The van der Waals surface area contributed by atoms with Crippen LogP contribution in [0.5, 0.6) is 5.75 Å². The first-order valence-electron chi connectivity index (χ1n) is 12.4. The molecular weight excluding hydrogens is 465 g/mol. The summed E-state index contributed by atoms with van der Waals surface area (Å²) in [4.78, 5) is 12.4. The second-order valence-electron chi connectivity index (χ2n) is 9.46. The van der Waals surface area contributed by atoms with Gasteiger partial charge in [0.25, 0.3) is 0 Å². The Labute approximate surface area is 210 Å². The zero-order valence-corrected chi connectivity index (χ0v) is 20.4. The molecule has 0 heterocycles. The van der Waals surface area contributed by atoms with E-state index >= 15 is 0 Å². The van der Waals surface area contributed by atoms with Crippen LogP contribution in [-0.4, -0.2) is 25.4 Å². The summed E-state index contributed by atoms with van der Waals surface area (Å²) in [6, 6.07) is 22.3. The van der Waals surface area contributed by atoms with E-state index in [2.05, 4.69) is 0 Å². The highest BCUT2D eigenvalue weighted by molar-refractivity contribution is 5.78. The third-order valence-corrected chi connectivity index (χ3v) is 6.76. The second-order valence-corrected chi connectivity index (χ2v) is 9.46. The quantitative estimate of drug-likeness (QED) is 0.275. The molecule has 0 unspecified atom stereocenters. The van der Waals surface area contributed by atoms with Crippen molar-refractivity contribution in [2.45, 2.75) is 51.6 Å². The molecule has 0 radical (unpaired) electrons. The molecule has 1 fully saturated rings. The Hall–Kier alpha value is -3.28. The van der Waals surface area contributed by atoms with Crippen LogP contribution in [0.1, 0.15) is 42.9 Å². The van der Waals surface area contributed by atoms with E-state index in [1.807, 2.05) is 61.5 Å². The Morgan fingerprint density at radius 1 is 0.889 bits per heavy atom. The maximum absolute atomic E-state index is 12.7. The van der Waals surface area contributed by atoms with Crippen LogP contribution in [0.15, 0.2) is 72.8 Å². The van der Waals surface area contributed by atoms with Gasteiger partial charge in [0.05, 0.1) is 25.0 Å². The Balaban J connectivity index is 1.28. The first-order chi connectivity index (χ1) is 17.3. The molecule has 0 N–H and O–H groups in total. The molecular formula is C30H31F3O3. The largest absolute Gasteiger partial charge is 0.493 e. The van der Waals surface area contributed by atoms with Crippen molar-refractivity contribution in [1.82, 2.24) is 0 Å². The standard InChI is InChI=1S/C30H31F3O3/c1-2-35-28(34)29(16-4-17-29)20-23-9-13-27(14-10-23)36-18-15-22-7-11-25(12-8-22)26-6-3-5-24(19-26)21-30(31,32)33/h3,5-14,19H,2,4,15-18,20-21H2,1H3. The average Bonchev–Trinajstić information content (AvgIpc) is 2.82. The molecule has 3 aromatic carbocycles. The Kier molecular flexibility index (Phi) is 8.02. The summed E-state index contributed by atoms with van der Waals surface area (Å²) in [7, 11) is 0. The number of halogens is 3. The first-order valence-corrected chi connectivity index (χ1v) is 12.4. The van der Waals surface area contributed by atoms with Crippen LogP contribution < -0.4 is 4.74 Å². The summed E-state index contributed by atoms with van der Waals surface area (Å²) in [6.45, 7) is 2.75. The smallest absolute Gasteiger partial charge is 0.393 e. The van der Waals surface area contributed by atoms with Crippen LogP contribution in [-0.2, 0) is 28.8 Å². The van der Waals surface area contributed by atoms with Gasteiger partial charge in [-0.05, 0) is 66.1 Å². The van der Waals surface area contributed by atoms with Crippen molar-refractivity contribution < 1.29 is 27.4 Å². The summed E-state index contributed by atoms with van der Waals surface area (Å²) in [5, 5.41) is 0. The lowest BCUT2D eigenvalue weighted by atomic mass is 9.65. The van der Waals surface area contributed by atoms with Gasteiger partial charge in [-0.1, -0.05) is 67.1 Å². The third-order valence-electron chi connectivity index (χ3n) is 6.76. The van der Waals surface area contributed by atoms with Crippen molar-refractivity contribution in [3.05, 3.63) is 89.5 Å². The van der Waals surface area contributed by atoms with E-state index < -0.39 is 12.6 Å². The summed E-state index contributed by atoms with van der Waals surface area (Å²) in [5.74, 6) is 0.687. The number of carbonyl (C=O) groups is 1. The second kappa shape index (κ2) is 11.2. The van der Waals surface area contributed by atoms with Gasteiger partial charge < -0.3 is 9.47 Å². The SMILES string of the molecule is CCOC(=O)C1(Cc2ccc(OCCc3ccc(-c4cccc(CC(F)(F)F)c4)cc3)cc2)CCC1. The monoisotopic (exact) mass is 496 g/mol. The highest BCUT2D eigenvalue weighted by Gasteiger charge is 2.45. The molecule has 190 valence electrons.